The van der Waals surface area contributed by atoms with Crippen molar-refractivity contribution in [2.24, 2.45) is 0 Å². The number of hydrogen-bond donors (Lipinski definition) is 0. The molecule has 0 saturated carbocycles. The van der Waals surface area contributed by atoms with E-state index in [4.69, 9.17) is 9.15 Å². The van der Waals surface area contributed by atoms with E-state index in [1.165, 1.54) is 49.6 Å². The Morgan fingerprint density at radius 2 is 2.07 bits per heavy atom. The second-order valence-electron chi connectivity index (χ2n) is 5.52. The van der Waals surface area contributed by atoms with Gasteiger partial charge >= 0.3 is 0 Å². The van der Waals surface area contributed by atoms with Crippen LogP contribution in [0.5, 0.6) is 5.75 Å². The summed E-state index contributed by atoms with van der Waals surface area (Å²) in [6, 6.07) is 15.2. The molecule has 0 amide bonds. The first-order valence-corrected chi connectivity index (χ1v) is 7.82. The molecule has 0 aliphatic rings. The topological polar surface area (TPSA) is 89.3 Å². The van der Waals surface area contributed by atoms with E-state index in [-0.39, 0.29) is 11.3 Å². The molecule has 0 aliphatic heterocycles. The molecule has 0 atom stereocenters. The first-order chi connectivity index (χ1) is 13.0. The smallest absolute Gasteiger partial charge is 0.273 e. The van der Waals surface area contributed by atoms with Crippen LogP contribution < -0.4 is 4.74 Å². The van der Waals surface area contributed by atoms with Crippen molar-refractivity contribution in [2.45, 2.75) is 0 Å². The van der Waals surface area contributed by atoms with Gasteiger partial charge in [-0.15, -0.1) is 0 Å². The van der Waals surface area contributed by atoms with Gasteiger partial charge in [-0.25, -0.2) is 4.39 Å². The van der Waals surface area contributed by atoms with Crippen molar-refractivity contribution in [3.63, 3.8) is 0 Å². The number of ether oxygens (including phenoxy) is 1. The Morgan fingerprint density at radius 1 is 1.26 bits per heavy atom. The number of nitriles is 1. The normalized spacial score (nSPS) is 11.1. The zero-order chi connectivity index (χ0) is 19.4. The zero-order valence-electron chi connectivity index (χ0n) is 14.2. The summed E-state index contributed by atoms with van der Waals surface area (Å²) in [5.74, 6) is 0.653. The highest BCUT2D eigenvalue weighted by atomic mass is 19.1. The summed E-state index contributed by atoms with van der Waals surface area (Å²) in [6.07, 6.45) is 1.50. The Labute approximate surface area is 153 Å². The quantitative estimate of drug-likeness (QED) is 0.358. The van der Waals surface area contributed by atoms with Crippen LogP contribution in [-0.2, 0) is 0 Å². The Kier molecular flexibility index (Phi) is 4.99. The number of hydrogen-bond acceptors (Lipinski definition) is 5. The van der Waals surface area contributed by atoms with Gasteiger partial charge in [-0.3, -0.25) is 10.1 Å². The number of allylic oxidation sites excluding steroid dienone is 1. The fraction of sp³-hybridized carbons (Fsp3) is 0.0500. The molecule has 7 heteroatoms. The van der Waals surface area contributed by atoms with Crippen molar-refractivity contribution in [1.29, 1.82) is 5.26 Å². The SMILES string of the molecule is COc1cc([N+](=O)[O-])ccc1-c1ccc(/C=C(\C#N)c2cccc(F)c2)o1. The molecule has 3 aromatic rings. The van der Waals surface area contributed by atoms with Gasteiger partial charge in [-0.05, 0) is 42.0 Å². The standard InChI is InChI=1S/C20H13FN2O4/c1-26-20-11-16(23(24)25)5-7-18(20)19-8-6-17(27-19)10-14(12-22)13-3-2-4-15(21)9-13/h2-11H,1H3/b14-10+. The Balaban J connectivity index is 1.97. The first-order valence-electron chi connectivity index (χ1n) is 7.82. The van der Waals surface area contributed by atoms with Gasteiger partial charge in [0, 0.05) is 6.07 Å². The number of nitro groups is 1. The van der Waals surface area contributed by atoms with Gasteiger partial charge in [0.2, 0.25) is 0 Å². The van der Waals surface area contributed by atoms with Gasteiger partial charge < -0.3 is 9.15 Å². The van der Waals surface area contributed by atoms with Crippen molar-refractivity contribution in [1.82, 2.24) is 0 Å². The molecule has 134 valence electrons. The number of rotatable bonds is 5. The molecule has 3 rings (SSSR count). The van der Waals surface area contributed by atoms with Gasteiger partial charge in [0.05, 0.1) is 35.3 Å². The third-order valence-electron chi connectivity index (χ3n) is 3.83. The number of nitro benzene ring substituents is 1. The van der Waals surface area contributed by atoms with Crippen LogP contribution in [0.15, 0.2) is 59.0 Å². The molecule has 0 radical (unpaired) electrons. The summed E-state index contributed by atoms with van der Waals surface area (Å²) in [6.45, 7) is 0. The predicted molar refractivity (Wildman–Crippen MR) is 97.2 cm³/mol. The molecule has 2 aromatic carbocycles. The maximum absolute atomic E-state index is 13.4. The molecule has 27 heavy (non-hydrogen) atoms. The monoisotopic (exact) mass is 364 g/mol. The minimum atomic E-state index is -0.513. The van der Waals surface area contributed by atoms with Crippen LogP contribution in [0.1, 0.15) is 11.3 Å². The molecule has 0 unspecified atom stereocenters. The third-order valence-corrected chi connectivity index (χ3v) is 3.83. The summed E-state index contributed by atoms with van der Waals surface area (Å²) in [4.78, 5) is 10.4. The lowest BCUT2D eigenvalue weighted by atomic mass is 10.1. The van der Waals surface area contributed by atoms with Crippen LogP contribution in [0.3, 0.4) is 0 Å². The highest BCUT2D eigenvalue weighted by Gasteiger charge is 2.15. The molecule has 0 fully saturated rings. The van der Waals surface area contributed by atoms with Crippen molar-refractivity contribution in [3.8, 4) is 23.1 Å². The summed E-state index contributed by atoms with van der Waals surface area (Å²) in [7, 11) is 1.41. The van der Waals surface area contributed by atoms with Gasteiger partial charge in [0.25, 0.3) is 5.69 Å². The Bertz CT molecular complexity index is 1080. The minimum absolute atomic E-state index is 0.0971. The molecular formula is C20H13FN2O4. The van der Waals surface area contributed by atoms with Gasteiger partial charge in [0.15, 0.2) is 0 Å². The second-order valence-corrected chi connectivity index (χ2v) is 5.52. The van der Waals surface area contributed by atoms with Crippen molar-refractivity contribution in [2.75, 3.05) is 7.11 Å². The number of non-ortho nitro benzene ring substituents is 1. The van der Waals surface area contributed by atoms with E-state index in [9.17, 15) is 19.8 Å². The van der Waals surface area contributed by atoms with Crippen molar-refractivity contribution >= 4 is 17.3 Å². The highest BCUT2D eigenvalue weighted by molar-refractivity contribution is 5.89. The lowest BCUT2D eigenvalue weighted by molar-refractivity contribution is -0.384. The van der Waals surface area contributed by atoms with Crippen molar-refractivity contribution < 1.29 is 18.5 Å². The maximum Gasteiger partial charge on any atom is 0.273 e. The summed E-state index contributed by atoms with van der Waals surface area (Å²) in [5.41, 5.74) is 1.11. The van der Waals surface area contributed by atoms with Crippen LogP contribution in [0.25, 0.3) is 23.0 Å². The third kappa shape index (κ3) is 3.85. The van der Waals surface area contributed by atoms with E-state index in [1.54, 1.807) is 18.2 Å². The van der Waals surface area contributed by atoms with Crippen molar-refractivity contribution in [3.05, 3.63) is 81.9 Å². The van der Waals surface area contributed by atoms with Gasteiger partial charge in [-0.1, -0.05) is 12.1 Å². The summed E-state index contributed by atoms with van der Waals surface area (Å²) in [5, 5.41) is 20.2. The Hall–Kier alpha value is -3.92. The van der Waals surface area contributed by atoms with E-state index in [2.05, 4.69) is 0 Å². The van der Waals surface area contributed by atoms with Crippen LogP contribution >= 0.6 is 0 Å². The summed E-state index contributed by atoms with van der Waals surface area (Å²) >= 11 is 0. The van der Waals surface area contributed by atoms with E-state index in [0.717, 1.165) is 0 Å². The lowest BCUT2D eigenvalue weighted by Gasteiger charge is -2.05. The fourth-order valence-electron chi connectivity index (χ4n) is 2.55. The number of furan rings is 1. The first kappa shape index (κ1) is 17.9. The molecule has 0 N–H and O–H groups in total. The second kappa shape index (κ2) is 7.54. The minimum Gasteiger partial charge on any atom is -0.496 e. The van der Waals surface area contributed by atoms with Crippen LogP contribution in [0, 0.1) is 27.3 Å². The largest absolute Gasteiger partial charge is 0.496 e. The maximum atomic E-state index is 13.4. The average Bonchev–Trinajstić information content (AvgIpc) is 3.13. The number of halogens is 1. The fourth-order valence-corrected chi connectivity index (χ4v) is 2.55. The van der Waals surface area contributed by atoms with Gasteiger partial charge in [0.1, 0.15) is 23.1 Å². The molecule has 0 saturated heterocycles. The number of benzene rings is 2. The number of nitrogens with zero attached hydrogens (tertiary/aromatic N) is 2. The van der Waals surface area contributed by atoms with E-state index in [0.29, 0.717) is 28.4 Å². The molecule has 1 aromatic heterocycles. The highest BCUT2D eigenvalue weighted by Crippen LogP contribution is 2.34. The average molecular weight is 364 g/mol. The van der Waals surface area contributed by atoms with E-state index < -0.39 is 10.7 Å². The summed E-state index contributed by atoms with van der Waals surface area (Å²) < 4.78 is 24.3. The Morgan fingerprint density at radius 3 is 2.74 bits per heavy atom. The van der Waals surface area contributed by atoms with E-state index >= 15 is 0 Å². The van der Waals surface area contributed by atoms with Gasteiger partial charge in [-0.2, -0.15) is 5.26 Å². The van der Waals surface area contributed by atoms with E-state index in [1.807, 2.05) is 6.07 Å². The molecule has 6 nitrogen and oxygen atoms in total. The van der Waals surface area contributed by atoms with Crippen LogP contribution in [0.2, 0.25) is 0 Å². The molecule has 0 aliphatic carbocycles. The predicted octanol–water partition coefficient (Wildman–Crippen LogP) is 5.07. The zero-order valence-corrected chi connectivity index (χ0v) is 14.2. The molecule has 1 heterocycles. The molecule has 0 bridgehead atoms. The van der Waals surface area contributed by atoms with Crippen LogP contribution in [-0.4, -0.2) is 12.0 Å². The molecule has 0 spiro atoms. The lowest BCUT2D eigenvalue weighted by Crippen LogP contribution is -1.92. The van der Waals surface area contributed by atoms with Crippen LogP contribution in [0.4, 0.5) is 10.1 Å². The number of methoxy groups -OCH3 is 1. The molecular weight excluding hydrogens is 351 g/mol.